The summed E-state index contributed by atoms with van der Waals surface area (Å²) in [5, 5.41) is 0. The minimum atomic E-state index is -0.885. The van der Waals surface area contributed by atoms with Gasteiger partial charge in [-0.15, -0.1) is 0 Å². The maximum atomic E-state index is 13.5. The van der Waals surface area contributed by atoms with Crippen molar-refractivity contribution in [2.75, 3.05) is 26.4 Å². The van der Waals surface area contributed by atoms with Crippen molar-refractivity contribution in [2.24, 2.45) is 11.7 Å². The lowest BCUT2D eigenvalue weighted by atomic mass is 10.0. The van der Waals surface area contributed by atoms with E-state index in [1.807, 2.05) is 0 Å². The molecule has 1 aliphatic rings. The molecule has 1 unspecified atom stereocenters. The molecule has 2 rings (SSSR count). The molecule has 1 atom stereocenters. The van der Waals surface area contributed by atoms with Crippen LogP contribution in [0, 0.1) is 17.6 Å². The molecule has 0 radical (unpaired) electrons. The Bertz CT molecular complexity index is 408. The lowest BCUT2D eigenvalue weighted by molar-refractivity contribution is 0.0172. The predicted molar refractivity (Wildman–Crippen MR) is 67.6 cm³/mol. The van der Waals surface area contributed by atoms with Crippen LogP contribution in [0.5, 0.6) is 0 Å². The summed E-state index contributed by atoms with van der Waals surface area (Å²) in [5.41, 5.74) is 5.98. The molecule has 0 bridgehead atoms. The highest BCUT2D eigenvalue weighted by molar-refractivity contribution is 5.22. The normalized spacial score (nSPS) is 18.5. The largest absolute Gasteiger partial charge is 0.381 e. The number of nitrogens with two attached hydrogens (primary N) is 1. The van der Waals surface area contributed by atoms with E-state index in [9.17, 15) is 8.78 Å². The summed E-state index contributed by atoms with van der Waals surface area (Å²) in [6.07, 6.45) is 1.95. The molecule has 19 heavy (non-hydrogen) atoms. The standard InChI is InChI=1S/C14H19F2NO2/c15-12-3-1-2-11(14(12)16)13(17)9-19-8-10-4-6-18-7-5-10/h1-3,10,13H,4-9,17H2. The molecule has 106 valence electrons. The Hall–Kier alpha value is -1.04. The van der Waals surface area contributed by atoms with Crippen LogP contribution in [-0.4, -0.2) is 26.4 Å². The maximum Gasteiger partial charge on any atom is 0.163 e. The van der Waals surface area contributed by atoms with Gasteiger partial charge in [0.2, 0.25) is 0 Å². The van der Waals surface area contributed by atoms with E-state index in [4.69, 9.17) is 15.2 Å². The molecule has 1 aliphatic heterocycles. The summed E-state index contributed by atoms with van der Waals surface area (Å²) in [6, 6.07) is 3.37. The van der Waals surface area contributed by atoms with Gasteiger partial charge >= 0.3 is 0 Å². The van der Waals surface area contributed by atoms with Gasteiger partial charge in [-0.3, -0.25) is 0 Å². The summed E-state index contributed by atoms with van der Waals surface area (Å²) < 4.78 is 37.3. The zero-order chi connectivity index (χ0) is 13.7. The minimum absolute atomic E-state index is 0.159. The summed E-state index contributed by atoms with van der Waals surface area (Å²) in [7, 11) is 0. The van der Waals surface area contributed by atoms with Gasteiger partial charge in [-0.05, 0) is 24.8 Å². The highest BCUT2D eigenvalue weighted by atomic mass is 19.2. The van der Waals surface area contributed by atoms with Crippen LogP contribution in [0.1, 0.15) is 24.4 Å². The smallest absolute Gasteiger partial charge is 0.163 e. The second kappa shape index (κ2) is 6.93. The quantitative estimate of drug-likeness (QED) is 0.894. The zero-order valence-electron chi connectivity index (χ0n) is 10.8. The Morgan fingerprint density at radius 2 is 2.05 bits per heavy atom. The molecule has 1 aromatic carbocycles. The van der Waals surface area contributed by atoms with Crippen LogP contribution in [0.15, 0.2) is 18.2 Å². The third-order valence-electron chi connectivity index (χ3n) is 3.37. The molecule has 0 amide bonds. The molecule has 1 saturated heterocycles. The Morgan fingerprint density at radius 3 is 2.79 bits per heavy atom. The fraction of sp³-hybridized carbons (Fsp3) is 0.571. The van der Waals surface area contributed by atoms with Gasteiger partial charge in [0.25, 0.3) is 0 Å². The molecule has 0 spiro atoms. The molecule has 2 N–H and O–H groups in total. The van der Waals surface area contributed by atoms with Crippen molar-refractivity contribution in [3.05, 3.63) is 35.4 Å². The van der Waals surface area contributed by atoms with E-state index in [1.54, 1.807) is 0 Å². The number of halogens is 2. The average molecular weight is 271 g/mol. The second-order valence-electron chi connectivity index (χ2n) is 4.84. The fourth-order valence-electron chi connectivity index (χ4n) is 2.17. The first kappa shape index (κ1) is 14.4. The number of rotatable bonds is 5. The van der Waals surface area contributed by atoms with Crippen molar-refractivity contribution in [1.82, 2.24) is 0 Å². The van der Waals surface area contributed by atoms with Crippen molar-refractivity contribution < 1.29 is 18.3 Å². The molecule has 0 saturated carbocycles. The topological polar surface area (TPSA) is 44.5 Å². The Kier molecular flexibility index (Phi) is 5.24. The van der Waals surface area contributed by atoms with Gasteiger partial charge in [0, 0.05) is 25.4 Å². The van der Waals surface area contributed by atoms with Crippen LogP contribution in [0.2, 0.25) is 0 Å². The highest BCUT2D eigenvalue weighted by Crippen LogP contribution is 2.19. The highest BCUT2D eigenvalue weighted by Gasteiger charge is 2.17. The van der Waals surface area contributed by atoms with Gasteiger partial charge in [0.05, 0.1) is 12.6 Å². The Balaban J connectivity index is 1.80. The van der Waals surface area contributed by atoms with Gasteiger partial charge in [-0.1, -0.05) is 12.1 Å². The van der Waals surface area contributed by atoms with Crippen molar-refractivity contribution in [1.29, 1.82) is 0 Å². The zero-order valence-corrected chi connectivity index (χ0v) is 10.8. The van der Waals surface area contributed by atoms with E-state index in [1.165, 1.54) is 12.1 Å². The third kappa shape index (κ3) is 3.96. The van der Waals surface area contributed by atoms with Crippen molar-refractivity contribution in [3.8, 4) is 0 Å². The van der Waals surface area contributed by atoms with Gasteiger partial charge in [-0.25, -0.2) is 8.78 Å². The molecule has 0 aliphatic carbocycles. The van der Waals surface area contributed by atoms with Crippen LogP contribution in [0.25, 0.3) is 0 Å². The lowest BCUT2D eigenvalue weighted by Gasteiger charge is -2.22. The molecule has 1 fully saturated rings. The van der Waals surface area contributed by atoms with Crippen LogP contribution < -0.4 is 5.73 Å². The van der Waals surface area contributed by atoms with E-state index in [2.05, 4.69) is 0 Å². The number of hydrogen-bond donors (Lipinski definition) is 1. The maximum absolute atomic E-state index is 13.5. The predicted octanol–water partition coefficient (Wildman–Crippen LogP) is 2.41. The summed E-state index contributed by atoms with van der Waals surface area (Å²) >= 11 is 0. The number of ether oxygens (including phenoxy) is 2. The SMILES string of the molecule is NC(COCC1CCOCC1)c1cccc(F)c1F. The van der Waals surface area contributed by atoms with Crippen molar-refractivity contribution in [3.63, 3.8) is 0 Å². The molecule has 5 heteroatoms. The van der Waals surface area contributed by atoms with E-state index in [-0.39, 0.29) is 12.2 Å². The van der Waals surface area contributed by atoms with Gasteiger partial charge in [-0.2, -0.15) is 0 Å². The van der Waals surface area contributed by atoms with E-state index >= 15 is 0 Å². The van der Waals surface area contributed by atoms with Crippen LogP contribution >= 0.6 is 0 Å². The first-order valence-corrected chi connectivity index (χ1v) is 6.53. The Labute approximate surface area is 111 Å². The first-order valence-electron chi connectivity index (χ1n) is 6.53. The minimum Gasteiger partial charge on any atom is -0.381 e. The van der Waals surface area contributed by atoms with Crippen molar-refractivity contribution in [2.45, 2.75) is 18.9 Å². The second-order valence-corrected chi connectivity index (χ2v) is 4.84. The fourth-order valence-corrected chi connectivity index (χ4v) is 2.17. The summed E-state index contributed by atoms with van der Waals surface area (Å²) in [4.78, 5) is 0. The Morgan fingerprint density at radius 1 is 1.32 bits per heavy atom. The van der Waals surface area contributed by atoms with Crippen LogP contribution in [0.4, 0.5) is 8.78 Å². The number of hydrogen-bond acceptors (Lipinski definition) is 3. The first-order chi connectivity index (χ1) is 9.18. The molecule has 1 heterocycles. The van der Waals surface area contributed by atoms with E-state index in [0.29, 0.717) is 12.5 Å². The summed E-state index contributed by atoms with van der Waals surface area (Å²) in [5.74, 6) is -1.29. The van der Waals surface area contributed by atoms with E-state index < -0.39 is 17.7 Å². The third-order valence-corrected chi connectivity index (χ3v) is 3.37. The van der Waals surface area contributed by atoms with Crippen LogP contribution in [0.3, 0.4) is 0 Å². The number of benzene rings is 1. The molecule has 0 aromatic heterocycles. The van der Waals surface area contributed by atoms with Gasteiger partial charge in [0.1, 0.15) is 0 Å². The van der Waals surface area contributed by atoms with Gasteiger partial charge < -0.3 is 15.2 Å². The molecular weight excluding hydrogens is 252 g/mol. The molecular formula is C14H19F2NO2. The average Bonchev–Trinajstić information content (AvgIpc) is 2.43. The monoisotopic (exact) mass is 271 g/mol. The van der Waals surface area contributed by atoms with Gasteiger partial charge in [0.15, 0.2) is 11.6 Å². The molecule has 3 nitrogen and oxygen atoms in total. The van der Waals surface area contributed by atoms with E-state index in [0.717, 1.165) is 32.1 Å². The van der Waals surface area contributed by atoms with Crippen molar-refractivity contribution >= 4 is 0 Å². The lowest BCUT2D eigenvalue weighted by Crippen LogP contribution is -2.24. The summed E-state index contributed by atoms with van der Waals surface area (Å²) in [6.45, 7) is 2.31. The molecule has 1 aromatic rings. The van der Waals surface area contributed by atoms with Crippen LogP contribution in [-0.2, 0) is 9.47 Å².